The van der Waals surface area contributed by atoms with Crippen molar-refractivity contribution in [1.29, 1.82) is 0 Å². The molecule has 0 atom stereocenters. The first-order valence-corrected chi connectivity index (χ1v) is 7.87. The topological polar surface area (TPSA) is 15.3 Å². The smallest absolute Gasteiger partial charge is 0.125 e. The van der Waals surface area contributed by atoms with Crippen LogP contribution in [-0.2, 0) is 6.54 Å². The summed E-state index contributed by atoms with van der Waals surface area (Å²) in [6.07, 6.45) is 3.59. The minimum atomic E-state index is -0.120. The quantitative estimate of drug-likeness (QED) is 0.724. The Morgan fingerprint density at radius 2 is 2.05 bits per heavy atom. The molecule has 1 aromatic rings. The number of hydrogen-bond donors (Lipinski definition) is 1. The van der Waals surface area contributed by atoms with Crippen molar-refractivity contribution in [3.63, 3.8) is 0 Å². The molecule has 0 radical (unpaired) electrons. The molecule has 0 unspecified atom stereocenters. The van der Waals surface area contributed by atoms with Crippen LogP contribution in [-0.4, -0.2) is 19.1 Å². The van der Waals surface area contributed by atoms with Gasteiger partial charge in [-0.1, -0.05) is 20.8 Å². The number of rotatable bonds is 8. The molecule has 1 aliphatic carbocycles. The van der Waals surface area contributed by atoms with E-state index in [4.69, 9.17) is 0 Å². The largest absolute Gasteiger partial charge is 0.368 e. The fourth-order valence-corrected chi connectivity index (χ4v) is 2.56. The first-order chi connectivity index (χ1) is 9.60. The van der Waals surface area contributed by atoms with Gasteiger partial charge in [0.15, 0.2) is 0 Å². The van der Waals surface area contributed by atoms with Gasteiger partial charge in [-0.15, -0.1) is 0 Å². The van der Waals surface area contributed by atoms with Crippen molar-refractivity contribution in [2.45, 2.75) is 52.6 Å². The summed E-state index contributed by atoms with van der Waals surface area (Å²) < 4.78 is 13.9. The molecular weight excluding hydrogens is 251 g/mol. The van der Waals surface area contributed by atoms with Gasteiger partial charge in [0.25, 0.3) is 0 Å². The summed E-state index contributed by atoms with van der Waals surface area (Å²) in [5.74, 6) is 0.478. The number of nitrogens with zero attached hydrogens (tertiary/aromatic N) is 1. The molecule has 1 saturated carbocycles. The Bertz CT molecular complexity index is 427. The molecule has 112 valence electrons. The third-order valence-corrected chi connectivity index (χ3v) is 3.58. The molecule has 0 aromatic heterocycles. The Morgan fingerprint density at radius 1 is 1.30 bits per heavy atom. The lowest BCUT2D eigenvalue weighted by Gasteiger charge is -2.27. The molecule has 1 aromatic carbocycles. The van der Waals surface area contributed by atoms with Crippen LogP contribution in [0, 0.1) is 11.7 Å². The summed E-state index contributed by atoms with van der Waals surface area (Å²) in [7, 11) is 0. The predicted octanol–water partition coefficient (Wildman–Crippen LogP) is 3.95. The molecule has 1 fully saturated rings. The molecule has 0 bridgehead atoms. The Labute approximate surface area is 122 Å². The van der Waals surface area contributed by atoms with E-state index >= 15 is 0 Å². The summed E-state index contributed by atoms with van der Waals surface area (Å²) in [5.41, 5.74) is 2.09. The molecular formula is C17H27FN2. The lowest BCUT2D eigenvalue weighted by Crippen LogP contribution is -2.30. The molecule has 2 rings (SSSR count). The van der Waals surface area contributed by atoms with Crippen molar-refractivity contribution in [2.24, 2.45) is 5.92 Å². The van der Waals surface area contributed by atoms with E-state index < -0.39 is 0 Å². The van der Waals surface area contributed by atoms with Crippen LogP contribution in [0.3, 0.4) is 0 Å². The average molecular weight is 278 g/mol. The summed E-state index contributed by atoms with van der Waals surface area (Å²) in [4.78, 5) is 2.39. The first-order valence-electron chi connectivity index (χ1n) is 7.87. The highest BCUT2D eigenvalue weighted by atomic mass is 19.1. The van der Waals surface area contributed by atoms with Crippen LogP contribution in [0.2, 0.25) is 0 Å². The SMILES string of the molecule is CCCNCc1cc(F)cc(N(CC(C)C)C2CC2)c1. The van der Waals surface area contributed by atoms with Gasteiger partial charge in [-0.05, 0) is 55.5 Å². The van der Waals surface area contributed by atoms with Gasteiger partial charge in [-0.25, -0.2) is 4.39 Å². The molecule has 0 saturated heterocycles. The highest BCUT2D eigenvalue weighted by Gasteiger charge is 2.29. The summed E-state index contributed by atoms with van der Waals surface area (Å²) in [6.45, 7) is 9.32. The maximum absolute atomic E-state index is 13.9. The minimum absolute atomic E-state index is 0.120. The molecule has 0 heterocycles. The number of nitrogens with one attached hydrogen (secondary N) is 1. The molecule has 2 nitrogen and oxygen atoms in total. The van der Waals surface area contributed by atoms with Gasteiger partial charge in [0.2, 0.25) is 0 Å². The third-order valence-electron chi connectivity index (χ3n) is 3.58. The van der Waals surface area contributed by atoms with E-state index in [0.29, 0.717) is 12.0 Å². The van der Waals surface area contributed by atoms with E-state index in [1.165, 1.54) is 12.8 Å². The second kappa shape index (κ2) is 7.07. The zero-order valence-corrected chi connectivity index (χ0v) is 13.0. The number of anilines is 1. The molecule has 20 heavy (non-hydrogen) atoms. The summed E-state index contributed by atoms with van der Waals surface area (Å²) in [5, 5.41) is 3.35. The molecule has 0 aliphatic heterocycles. The van der Waals surface area contributed by atoms with Gasteiger partial charge in [-0.3, -0.25) is 0 Å². The zero-order valence-electron chi connectivity index (χ0n) is 13.0. The second-order valence-electron chi connectivity index (χ2n) is 6.27. The monoisotopic (exact) mass is 278 g/mol. The highest BCUT2D eigenvalue weighted by Crippen LogP contribution is 2.33. The predicted molar refractivity (Wildman–Crippen MR) is 83.6 cm³/mol. The first kappa shape index (κ1) is 15.3. The van der Waals surface area contributed by atoms with Crippen molar-refractivity contribution in [2.75, 3.05) is 18.0 Å². The van der Waals surface area contributed by atoms with Crippen LogP contribution in [0.1, 0.15) is 45.6 Å². The normalized spacial score (nSPS) is 14.8. The highest BCUT2D eigenvalue weighted by molar-refractivity contribution is 5.51. The lowest BCUT2D eigenvalue weighted by molar-refractivity contribution is 0.596. The maximum atomic E-state index is 13.9. The Balaban J connectivity index is 2.12. The lowest BCUT2D eigenvalue weighted by atomic mass is 10.1. The van der Waals surface area contributed by atoms with Crippen LogP contribution in [0.4, 0.5) is 10.1 Å². The number of hydrogen-bond acceptors (Lipinski definition) is 2. The Hall–Kier alpha value is -1.09. The van der Waals surface area contributed by atoms with Crippen molar-refractivity contribution >= 4 is 5.69 Å². The van der Waals surface area contributed by atoms with E-state index in [2.05, 4.69) is 37.1 Å². The fraction of sp³-hybridized carbons (Fsp3) is 0.647. The van der Waals surface area contributed by atoms with Gasteiger partial charge < -0.3 is 10.2 Å². The van der Waals surface area contributed by atoms with Gasteiger partial charge in [0.1, 0.15) is 5.82 Å². The van der Waals surface area contributed by atoms with Crippen molar-refractivity contribution in [3.05, 3.63) is 29.6 Å². The van der Waals surface area contributed by atoms with E-state index in [1.54, 1.807) is 12.1 Å². The van der Waals surface area contributed by atoms with Crippen molar-refractivity contribution in [3.8, 4) is 0 Å². The molecule has 1 N–H and O–H groups in total. The molecule has 1 aliphatic rings. The van der Waals surface area contributed by atoms with Crippen molar-refractivity contribution in [1.82, 2.24) is 5.32 Å². The van der Waals surface area contributed by atoms with Crippen LogP contribution in [0.15, 0.2) is 18.2 Å². The molecule has 3 heteroatoms. The van der Waals surface area contributed by atoms with E-state index in [1.807, 2.05) is 0 Å². The Morgan fingerprint density at radius 3 is 2.65 bits per heavy atom. The summed E-state index contributed by atoms with van der Waals surface area (Å²) >= 11 is 0. The summed E-state index contributed by atoms with van der Waals surface area (Å²) in [6, 6.07) is 6.10. The second-order valence-corrected chi connectivity index (χ2v) is 6.27. The average Bonchev–Trinajstić information content (AvgIpc) is 3.19. The number of halogens is 1. The van der Waals surface area contributed by atoms with Crippen LogP contribution >= 0.6 is 0 Å². The Kier molecular flexibility index (Phi) is 5.41. The van der Waals surface area contributed by atoms with Crippen molar-refractivity contribution < 1.29 is 4.39 Å². The standard InChI is InChI=1S/C17H27FN2/c1-4-7-19-11-14-8-15(18)10-17(9-14)20(12-13(2)3)16-5-6-16/h8-10,13,16,19H,4-7,11-12H2,1-3H3. The molecule has 0 amide bonds. The van der Waals surface area contributed by atoms with Crippen LogP contribution < -0.4 is 10.2 Å². The fourth-order valence-electron chi connectivity index (χ4n) is 2.56. The van der Waals surface area contributed by atoms with Crippen LogP contribution in [0.5, 0.6) is 0 Å². The maximum Gasteiger partial charge on any atom is 0.125 e. The number of benzene rings is 1. The van der Waals surface area contributed by atoms with Crippen LogP contribution in [0.25, 0.3) is 0 Å². The van der Waals surface area contributed by atoms with E-state index in [-0.39, 0.29) is 5.82 Å². The van der Waals surface area contributed by atoms with Gasteiger partial charge in [0.05, 0.1) is 0 Å². The minimum Gasteiger partial charge on any atom is -0.368 e. The zero-order chi connectivity index (χ0) is 14.5. The van der Waals surface area contributed by atoms with Gasteiger partial charge in [-0.2, -0.15) is 0 Å². The van der Waals surface area contributed by atoms with Gasteiger partial charge >= 0.3 is 0 Å². The third kappa shape index (κ3) is 4.48. The van der Waals surface area contributed by atoms with E-state index in [9.17, 15) is 4.39 Å². The molecule has 0 spiro atoms. The van der Waals surface area contributed by atoms with E-state index in [0.717, 1.165) is 37.3 Å². The van der Waals surface area contributed by atoms with Gasteiger partial charge in [0, 0.05) is 24.8 Å².